The number of aryl methyl sites for hydroxylation is 2. The van der Waals surface area contributed by atoms with E-state index in [2.05, 4.69) is 33.9 Å². The zero-order chi connectivity index (χ0) is 15.1. The number of para-hydroxylation sites is 1. The SMILES string of the molecule is Cc1cnc2c(c1)Oc1cccnc1N2c1ccccc1C. The molecule has 0 saturated carbocycles. The van der Waals surface area contributed by atoms with Crippen LogP contribution in [0.15, 0.2) is 54.9 Å². The second kappa shape index (κ2) is 4.84. The highest BCUT2D eigenvalue weighted by atomic mass is 16.5. The van der Waals surface area contributed by atoms with Gasteiger partial charge < -0.3 is 4.74 Å². The fourth-order valence-electron chi connectivity index (χ4n) is 2.67. The Kier molecular flexibility index (Phi) is 2.82. The standard InChI is InChI=1S/C18H15N3O/c1-12-10-16-18(20-11-12)21(14-7-4-3-6-13(14)2)17-15(22-16)8-5-9-19-17/h3-11H,1-2H3. The summed E-state index contributed by atoms with van der Waals surface area (Å²) in [6.45, 7) is 4.09. The van der Waals surface area contributed by atoms with Crippen LogP contribution in [0.5, 0.6) is 11.5 Å². The van der Waals surface area contributed by atoms with E-state index in [0.29, 0.717) is 0 Å². The first kappa shape index (κ1) is 12.8. The minimum Gasteiger partial charge on any atom is -0.450 e. The predicted octanol–water partition coefficient (Wildman–Crippen LogP) is 4.67. The highest BCUT2D eigenvalue weighted by Crippen LogP contribution is 2.48. The third-order valence-corrected chi connectivity index (χ3v) is 3.72. The molecule has 1 aliphatic rings. The Labute approximate surface area is 129 Å². The molecule has 0 aliphatic carbocycles. The van der Waals surface area contributed by atoms with Crippen LogP contribution < -0.4 is 9.64 Å². The number of hydrogen-bond donors (Lipinski definition) is 0. The molecule has 3 aromatic rings. The number of pyridine rings is 2. The number of hydrogen-bond acceptors (Lipinski definition) is 4. The Morgan fingerprint density at radius 3 is 2.59 bits per heavy atom. The van der Waals surface area contributed by atoms with Crippen molar-refractivity contribution >= 4 is 17.3 Å². The van der Waals surface area contributed by atoms with Crippen molar-refractivity contribution in [3.05, 3.63) is 66.0 Å². The average Bonchev–Trinajstić information content (AvgIpc) is 2.53. The van der Waals surface area contributed by atoms with Gasteiger partial charge in [0.05, 0.1) is 5.69 Å². The van der Waals surface area contributed by atoms with Gasteiger partial charge in [-0.1, -0.05) is 18.2 Å². The van der Waals surface area contributed by atoms with Crippen LogP contribution in [0.25, 0.3) is 0 Å². The van der Waals surface area contributed by atoms with Crippen molar-refractivity contribution in [3.63, 3.8) is 0 Å². The molecule has 108 valence electrons. The van der Waals surface area contributed by atoms with E-state index in [-0.39, 0.29) is 0 Å². The molecule has 0 bridgehead atoms. The van der Waals surface area contributed by atoms with Gasteiger partial charge in [-0.3, -0.25) is 4.90 Å². The summed E-state index contributed by atoms with van der Waals surface area (Å²) < 4.78 is 5.98. The largest absolute Gasteiger partial charge is 0.450 e. The van der Waals surface area contributed by atoms with Crippen LogP contribution in [0.4, 0.5) is 17.3 Å². The lowest BCUT2D eigenvalue weighted by atomic mass is 10.1. The third kappa shape index (κ3) is 1.92. The van der Waals surface area contributed by atoms with Crippen molar-refractivity contribution in [2.24, 2.45) is 0 Å². The molecule has 4 nitrogen and oxygen atoms in total. The van der Waals surface area contributed by atoms with E-state index in [1.807, 2.05) is 43.5 Å². The van der Waals surface area contributed by atoms with Crippen molar-refractivity contribution < 1.29 is 4.74 Å². The summed E-state index contributed by atoms with van der Waals surface area (Å²) in [7, 11) is 0. The van der Waals surface area contributed by atoms with Gasteiger partial charge in [-0.15, -0.1) is 0 Å². The Bertz CT molecular complexity index is 849. The van der Waals surface area contributed by atoms with E-state index in [0.717, 1.165) is 39.9 Å². The highest BCUT2D eigenvalue weighted by Gasteiger charge is 2.28. The number of aromatic nitrogens is 2. The molecular formula is C18H15N3O. The zero-order valence-electron chi connectivity index (χ0n) is 12.4. The smallest absolute Gasteiger partial charge is 0.182 e. The molecule has 0 amide bonds. The molecule has 0 N–H and O–H groups in total. The first-order valence-corrected chi connectivity index (χ1v) is 7.19. The van der Waals surface area contributed by atoms with Gasteiger partial charge >= 0.3 is 0 Å². The van der Waals surface area contributed by atoms with Crippen LogP contribution in [-0.2, 0) is 0 Å². The van der Waals surface area contributed by atoms with Crippen LogP contribution >= 0.6 is 0 Å². The maximum Gasteiger partial charge on any atom is 0.182 e. The quantitative estimate of drug-likeness (QED) is 0.510. The van der Waals surface area contributed by atoms with E-state index in [1.54, 1.807) is 6.20 Å². The molecule has 0 unspecified atom stereocenters. The van der Waals surface area contributed by atoms with Crippen LogP contribution in [-0.4, -0.2) is 9.97 Å². The van der Waals surface area contributed by atoms with Crippen molar-refractivity contribution in [1.82, 2.24) is 9.97 Å². The number of benzene rings is 1. The maximum absolute atomic E-state index is 5.98. The summed E-state index contributed by atoms with van der Waals surface area (Å²) in [4.78, 5) is 11.1. The Hall–Kier alpha value is -2.88. The summed E-state index contributed by atoms with van der Waals surface area (Å²) in [5.74, 6) is 3.03. The Morgan fingerprint density at radius 2 is 1.73 bits per heavy atom. The van der Waals surface area contributed by atoms with Gasteiger partial charge in [0.15, 0.2) is 23.1 Å². The number of ether oxygens (including phenoxy) is 1. The van der Waals surface area contributed by atoms with Crippen LogP contribution in [0.3, 0.4) is 0 Å². The van der Waals surface area contributed by atoms with Gasteiger partial charge in [0, 0.05) is 12.4 Å². The van der Waals surface area contributed by atoms with Gasteiger partial charge in [-0.25, -0.2) is 9.97 Å². The van der Waals surface area contributed by atoms with Crippen LogP contribution in [0.2, 0.25) is 0 Å². The van der Waals surface area contributed by atoms with Gasteiger partial charge in [0.2, 0.25) is 0 Å². The predicted molar refractivity (Wildman–Crippen MR) is 86.3 cm³/mol. The third-order valence-electron chi connectivity index (χ3n) is 3.72. The lowest BCUT2D eigenvalue weighted by Crippen LogP contribution is -2.19. The summed E-state index contributed by atoms with van der Waals surface area (Å²) >= 11 is 0. The van der Waals surface area contributed by atoms with Gasteiger partial charge in [-0.05, 0) is 49.2 Å². The molecule has 2 aromatic heterocycles. The normalized spacial score (nSPS) is 12.4. The molecule has 1 aliphatic heterocycles. The van der Waals surface area contributed by atoms with Crippen molar-refractivity contribution in [3.8, 4) is 11.5 Å². The zero-order valence-corrected chi connectivity index (χ0v) is 12.4. The molecule has 0 spiro atoms. The average molecular weight is 289 g/mol. The molecule has 0 radical (unpaired) electrons. The van der Waals surface area contributed by atoms with Gasteiger partial charge in [0.25, 0.3) is 0 Å². The molecule has 4 heteroatoms. The van der Waals surface area contributed by atoms with E-state index >= 15 is 0 Å². The number of anilines is 3. The summed E-state index contributed by atoms with van der Waals surface area (Å²) in [5.41, 5.74) is 3.29. The first-order valence-electron chi connectivity index (χ1n) is 7.19. The number of nitrogens with zero attached hydrogens (tertiary/aromatic N) is 3. The summed E-state index contributed by atoms with van der Waals surface area (Å²) in [6.07, 6.45) is 3.62. The van der Waals surface area contributed by atoms with Gasteiger partial charge in [0.1, 0.15) is 0 Å². The summed E-state index contributed by atoms with van der Waals surface area (Å²) in [6, 6.07) is 14.0. The Morgan fingerprint density at radius 1 is 0.909 bits per heavy atom. The topological polar surface area (TPSA) is 38.3 Å². The second-order valence-electron chi connectivity index (χ2n) is 5.38. The monoisotopic (exact) mass is 289 g/mol. The van der Waals surface area contributed by atoms with E-state index in [9.17, 15) is 0 Å². The molecule has 0 atom stereocenters. The van der Waals surface area contributed by atoms with E-state index in [1.165, 1.54) is 0 Å². The van der Waals surface area contributed by atoms with Crippen molar-refractivity contribution in [2.75, 3.05) is 4.90 Å². The van der Waals surface area contributed by atoms with E-state index < -0.39 is 0 Å². The summed E-state index contributed by atoms with van der Waals surface area (Å²) in [5, 5.41) is 0. The van der Waals surface area contributed by atoms with Gasteiger partial charge in [-0.2, -0.15) is 0 Å². The highest BCUT2D eigenvalue weighted by molar-refractivity contribution is 5.83. The number of fused-ring (bicyclic) bond motifs is 2. The molecule has 0 fully saturated rings. The van der Waals surface area contributed by atoms with Crippen LogP contribution in [0.1, 0.15) is 11.1 Å². The molecule has 3 heterocycles. The fourth-order valence-corrected chi connectivity index (χ4v) is 2.67. The molecule has 4 rings (SSSR count). The minimum absolute atomic E-state index is 0.741. The minimum atomic E-state index is 0.741. The van der Waals surface area contributed by atoms with Crippen molar-refractivity contribution in [1.29, 1.82) is 0 Å². The lowest BCUT2D eigenvalue weighted by Gasteiger charge is -2.31. The van der Waals surface area contributed by atoms with E-state index in [4.69, 9.17) is 4.74 Å². The fraction of sp³-hybridized carbons (Fsp3) is 0.111. The Balaban J connectivity index is 2.00. The molecular weight excluding hydrogens is 274 g/mol. The maximum atomic E-state index is 5.98. The molecule has 0 saturated heterocycles. The molecule has 1 aromatic carbocycles. The second-order valence-corrected chi connectivity index (χ2v) is 5.38. The first-order chi connectivity index (χ1) is 10.7. The number of rotatable bonds is 1. The van der Waals surface area contributed by atoms with Crippen LogP contribution in [0, 0.1) is 13.8 Å². The van der Waals surface area contributed by atoms with Crippen molar-refractivity contribution in [2.45, 2.75) is 13.8 Å². The lowest BCUT2D eigenvalue weighted by molar-refractivity contribution is 0.470. The molecule has 22 heavy (non-hydrogen) atoms.